The van der Waals surface area contributed by atoms with Crippen molar-refractivity contribution in [1.82, 2.24) is 20.3 Å². The van der Waals surface area contributed by atoms with Crippen LogP contribution in [-0.4, -0.2) is 27.4 Å². The molecule has 1 aromatic heterocycles. The summed E-state index contributed by atoms with van der Waals surface area (Å²) in [6.07, 6.45) is 0.759. The highest BCUT2D eigenvalue weighted by Gasteiger charge is 2.18. The molecule has 4 aromatic rings. The van der Waals surface area contributed by atoms with Crippen molar-refractivity contribution in [1.29, 1.82) is 0 Å². The Hall–Kier alpha value is -3.80. The Morgan fingerprint density at radius 2 is 1.57 bits per heavy atom. The monoisotopic (exact) mass is 400 g/mol. The van der Waals surface area contributed by atoms with Crippen LogP contribution in [0.4, 0.5) is 4.39 Å². The highest BCUT2D eigenvalue weighted by molar-refractivity contribution is 5.80. The van der Waals surface area contributed by atoms with E-state index in [2.05, 4.69) is 15.6 Å². The first-order valence-electron chi connectivity index (χ1n) is 9.77. The standard InChI is InChI=1S/C24H21FN4O/c25-20-13-11-18(12-14-20)15-16-26-23(30)17-22-24(19-7-3-1-4-8-19)29(28-27-22)21-9-5-2-6-10-21/h1-14H,15-17H2,(H,26,30). The van der Waals surface area contributed by atoms with Gasteiger partial charge in [-0.15, -0.1) is 5.10 Å². The van der Waals surface area contributed by atoms with Gasteiger partial charge in [-0.1, -0.05) is 65.9 Å². The van der Waals surface area contributed by atoms with Crippen LogP contribution in [0.15, 0.2) is 84.9 Å². The Balaban J connectivity index is 1.50. The molecule has 1 heterocycles. The highest BCUT2D eigenvalue weighted by atomic mass is 19.1. The second-order valence-electron chi connectivity index (χ2n) is 6.90. The van der Waals surface area contributed by atoms with Gasteiger partial charge >= 0.3 is 0 Å². The third-order valence-corrected chi connectivity index (χ3v) is 4.77. The van der Waals surface area contributed by atoms with Gasteiger partial charge in [-0.05, 0) is 36.2 Å². The number of rotatable bonds is 7. The Morgan fingerprint density at radius 1 is 0.900 bits per heavy atom. The third-order valence-electron chi connectivity index (χ3n) is 4.77. The molecule has 1 N–H and O–H groups in total. The van der Waals surface area contributed by atoms with Gasteiger partial charge in [0, 0.05) is 12.1 Å². The topological polar surface area (TPSA) is 59.8 Å². The van der Waals surface area contributed by atoms with Crippen LogP contribution in [0.1, 0.15) is 11.3 Å². The summed E-state index contributed by atoms with van der Waals surface area (Å²) >= 11 is 0. The lowest BCUT2D eigenvalue weighted by Crippen LogP contribution is -2.27. The molecule has 6 heteroatoms. The molecule has 0 radical (unpaired) electrons. The molecule has 0 aliphatic heterocycles. The lowest BCUT2D eigenvalue weighted by atomic mass is 10.1. The van der Waals surface area contributed by atoms with Gasteiger partial charge in [0.25, 0.3) is 0 Å². The number of aromatic nitrogens is 3. The highest BCUT2D eigenvalue weighted by Crippen LogP contribution is 2.25. The molecule has 1 amide bonds. The molecule has 0 bridgehead atoms. The molecule has 3 aromatic carbocycles. The van der Waals surface area contributed by atoms with Crippen LogP contribution >= 0.6 is 0 Å². The SMILES string of the molecule is O=C(Cc1nnn(-c2ccccc2)c1-c1ccccc1)NCCc1ccc(F)cc1. The molecule has 5 nitrogen and oxygen atoms in total. The molecule has 150 valence electrons. The van der Waals surface area contributed by atoms with E-state index in [4.69, 9.17) is 0 Å². The van der Waals surface area contributed by atoms with Crippen LogP contribution < -0.4 is 5.32 Å². The van der Waals surface area contributed by atoms with Crippen molar-refractivity contribution in [3.05, 3.63) is 102 Å². The zero-order valence-corrected chi connectivity index (χ0v) is 16.3. The number of halogens is 1. The van der Waals surface area contributed by atoms with Crippen molar-refractivity contribution < 1.29 is 9.18 Å². The molecule has 0 saturated heterocycles. The maximum absolute atomic E-state index is 13.0. The van der Waals surface area contributed by atoms with E-state index >= 15 is 0 Å². The molecule has 0 spiro atoms. The van der Waals surface area contributed by atoms with Crippen LogP contribution in [-0.2, 0) is 17.6 Å². The fourth-order valence-corrected chi connectivity index (χ4v) is 3.28. The second kappa shape index (κ2) is 9.13. The number of hydrogen-bond donors (Lipinski definition) is 1. The van der Waals surface area contributed by atoms with Gasteiger partial charge in [0.2, 0.25) is 5.91 Å². The molecule has 0 aliphatic carbocycles. The van der Waals surface area contributed by atoms with Crippen molar-refractivity contribution in [2.24, 2.45) is 0 Å². The molecule has 0 atom stereocenters. The number of nitrogens with zero attached hydrogens (tertiary/aromatic N) is 3. The van der Waals surface area contributed by atoms with Crippen molar-refractivity contribution in [2.75, 3.05) is 6.54 Å². The van der Waals surface area contributed by atoms with E-state index in [1.807, 2.05) is 60.7 Å². The van der Waals surface area contributed by atoms with Crippen molar-refractivity contribution >= 4 is 5.91 Å². The summed E-state index contributed by atoms with van der Waals surface area (Å²) in [5.41, 5.74) is 4.21. The first-order chi connectivity index (χ1) is 14.7. The summed E-state index contributed by atoms with van der Waals surface area (Å²) in [5.74, 6) is -0.396. The zero-order valence-electron chi connectivity index (χ0n) is 16.3. The molecule has 0 fully saturated rings. The number of nitrogens with one attached hydrogen (secondary N) is 1. The van der Waals surface area contributed by atoms with E-state index in [9.17, 15) is 9.18 Å². The number of para-hydroxylation sites is 1. The summed E-state index contributed by atoms with van der Waals surface area (Å²) < 4.78 is 14.8. The van der Waals surface area contributed by atoms with Crippen molar-refractivity contribution in [3.8, 4) is 16.9 Å². The quantitative estimate of drug-likeness (QED) is 0.511. The molecule has 30 heavy (non-hydrogen) atoms. The smallest absolute Gasteiger partial charge is 0.226 e. The van der Waals surface area contributed by atoms with Crippen LogP contribution in [0.25, 0.3) is 16.9 Å². The number of hydrogen-bond acceptors (Lipinski definition) is 3. The summed E-state index contributed by atoms with van der Waals surface area (Å²) in [5, 5.41) is 11.5. The molecule has 0 saturated carbocycles. The number of amides is 1. The Bertz CT molecular complexity index is 1110. The van der Waals surface area contributed by atoms with E-state index in [-0.39, 0.29) is 18.1 Å². The van der Waals surface area contributed by atoms with E-state index < -0.39 is 0 Å². The van der Waals surface area contributed by atoms with Gasteiger partial charge in [0.05, 0.1) is 17.8 Å². The maximum Gasteiger partial charge on any atom is 0.226 e. The summed E-state index contributed by atoms with van der Waals surface area (Å²) in [6, 6.07) is 25.8. The average molecular weight is 400 g/mol. The van der Waals surface area contributed by atoms with E-state index in [0.29, 0.717) is 18.7 Å². The second-order valence-corrected chi connectivity index (χ2v) is 6.90. The minimum atomic E-state index is -0.266. The van der Waals surface area contributed by atoms with Gasteiger partial charge in [-0.3, -0.25) is 4.79 Å². The zero-order chi connectivity index (χ0) is 20.8. The molecule has 0 aliphatic rings. The first kappa shape index (κ1) is 19.5. The van der Waals surface area contributed by atoms with Gasteiger partial charge in [0.15, 0.2) is 0 Å². The average Bonchev–Trinajstić information content (AvgIpc) is 3.20. The Morgan fingerprint density at radius 3 is 2.27 bits per heavy atom. The van der Waals surface area contributed by atoms with Crippen LogP contribution in [0, 0.1) is 5.82 Å². The number of benzene rings is 3. The maximum atomic E-state index is 13.0. The van der Waals surface area contributed by atoms with Crippen molar-refractivity contribution in [3.63, 3.8) is 0 Å². The normalized spacial score (nSPS) is 10.7. The van der Waals surface area contributed by atoms with Crippen molar-refractivity contribution in [2.45, 2.75) is 12.8 Å². The fraction of sp³-hybridized carbons (Fsp3) is 0.125. The summed E-state index contributed by atoms with van der Waals surface area (Å²) in [7, 11) is 0. The lowest BCUT2D eigenvalue weighted by Gasteiger charge is -2.09. The number of carbonyl (C=O) groups excluding carboxylic acids is 1. The van der Waals surface area contributed by atoms with Gasteiger partial charge in [-0.2, -0.15) is 0 Å². The fourth-order valence-electron chi connectivity index (χ4n) is 3.28. The summed E-state index contributed by atoms with van der Waals surface area (Å²) in [6.45, 7) is 0.470. The first-order valence-corrected chi connectivity index (χ1v) is 9.77. The van der Waals surface area contributed by atoms with Crippen LogP contribution in [0.2, 0.25) is 0 Å². The van der Waals surface area contributed by atoms with Gasteiger partial charge in [-0.25, -0.2) is 9.07 Å². The van der Waals surface area contributed by atoms with Gasteiger partial charge in [0.1, 0.15) is 11.5 Å². The number of carbonyl (C=O) groups is 1. The Labute approximate surface area is 174 Å². The van der Waals surface area contributed by atoms with E-state index in [1.54, 1.807) is 16.8 Å². The third kappa shape index (κ3) is 4.60. The lowest BCUT2D eigenvalue weighted by molar-refractivity contribution is -0.120. The molecule has 0 unspecified atom stereocenters. The van der Waals surface area contributed by atoms with E-state index in [1.165, 1.54) is 12.1 Å². The largest absolute Gasteiger partial charge is 0.355 e. The van der Waals surface area contributed by atoms with Crippen LogP contribution in [0.5, 0.6) is 0 Å². The minimum Gasteiger partial charge on any atom is -0.355 e. The predicted octanol–water partition coefficient (Wildman–Crippen LogP) is 3.97. The van der Waals surface area contributed by atoms with Crippen LogP contribution in [0.3, 0.4) is 0 Å². The minimum absolute atomic E-state index is 0.125. The predicted molar refractivity (Wildman–Crippen MR) is 114 cm³/mol. The Kier molecular flexibility index (Phi) is 5.94. The van der Waals surface area contributed by atoms with Gasteiger partial charge < -0.3 is 5.32 Å². The molecular formula is C24H21FN4O. The molecular weight excluding hydrogens is 379 g/mol. The molecule has 4 rings (SSSR count). The summed E-state index contributed by atoms with van der Waals surface area (Å²) in [4.78, 5) is 12.5. The van der Waals surface area contributed by atoms with E-state index in [0.717, 1.165) is 22.5 Å².